The Kier molecular flexibility index (Phi) is 5.01. The minimum atomic E-state index is -0.120. The molecule has 3 aromatic rings. The zero-order valence-electron chi connectivity index (χ0n) is 15.6. The number of H-pyrrole nitrogens is 1. The van der Waals surface area contributed by atoms with E-state index in [1.807, 2.05) is 12.1 Å². The van der Waals surface area contributed by atoms with Gasteiger partial charge in [-0.2, -0.15) is 0 Å². The molecule has 0 bridgehead atoms. The summed E-state index contributed by atoms with van der Waals surface area (Å²) >= 11 is 0. The van der Waals surface area contributed by atoms with E-state index in [0.29, 0.717) is 17.6 Å². The van der Waals surface area contributed by atoms with Crippen LogP contribution in [-0.2, 0) is 6.42 Å². The fourth-order valence-electron chi connectivity index (χ4n) is 3.92. The molecule has 4 rings (SSSR count). The maximum absolute atomic E-state index is 12.2. The largest absolute Gasteiger partial charge is 0.342 e. The maximum Gasteiger partial charge on any atom is 0.252 e. The minimum absolute atomic E-state index is 0.120. The summed E-state index contributed by atoms with van der Waals surface area (Å²) in [4.78, 5) is 26.0. The molecule has 5 heteroatoms. The van der Waals surface area contributed by atoms with Crippen molar-refractivity contribution in [1.29, 1.82) is 0 Å². The molecule has 2 aromatic heterocycles. The molecular formula is C22H24N4O. The summed E-state index contributed by atoms with van der Waals surface area (Å²) in [6.07, 6.45) is 6.64. The zero-order chi connectivity index (χ0) is 18.6. The van der Waals surface area contributed by atoms with Crippen molar-refractivity contribution in [2.75, 3.05) is 18.0 Å². The van der Waals surface area contributed by atoms with Gasteiger partial charge in [-0.05, 0) is 48.4 Å². The summed E-state index contributed by atoms with van der Waals surface area (Å²) in [5.41, 5.74) is 4.40. The standard InChI is InChI=1S/C22H24N4O/c1-2-16-5-3-4-6-19(16)17-9-13-26(14-10-17)22-24-20(15-21(27)25-22)18-7-11-23-12-8-18/h3-8,11-12,15,17H,2,9-10,13-14H2,1H3,(H,24,25,27). The summed E-state index contributed by atoms with van der Waals surface area (Å²) < 4.78 is 0. The first kappa shape index (κ1) is 17.5. The Labute approximate surface area is 159 Å². The number of hydrogen-bond donors (Lipinski definition) is 1. The Bertz CT molecular complexity index is 959. The highest BCUT2D eigenvalue weighted by Crippen LogP contribution is 2.31. The highest BCUT2D eigenvalue weighted by atomic mass is 16.1. The third kappa shape index (κ3) is 3.77. The van der Waals surface area contributed by atoms with E-state index < -0.39 is 0 Å². The van der Waals surface area contributed by atoms with Gasteiger partial charge in [0.25, 0.3) is 5.56 Å². The number of nitrogens with one attached hydrogen (secondary N) is 1. The fraction of sp³-hybridized carbons (Fsp3) is 0.318. The molecule has 1 N–H and O–H groups in total. The van der Waals surface area contributed by atoms with Crippen LogP contribution in [0.5, 0.6) is 0 Å². The molecule has 1 aliphatic rings. The molecule has 0 atom stereocenters. The Balaban J connectivity index is 1.53. The number of pyridine rings is 1. The predicted octanol–water partition coefficient (Wildman–Crippen LogP) is 3.78. The molecule has 0 spiro atoms. The number of aromatic nitrogens is 3. The van der Waals surface area contributed by atoms with Gasteiger partial charge in [0.05, 0.1) is 5.69 Å². The van der Waals surface area contributed by atoms with Crippen LogP contribution in [-0.4, -0.2) is 28.0 Å². The number of anilines is 1. The highest BCUT2D eigenvalue weighted by molar-refractivity contribution is 5.59. The Morgan fingerprint density at radius 1 is 1.11 bits per heavy atom. The Hall–Kier alpha value is -2.95. The van der Waals surface area contributed by atoms with E-state index in [9.17, 15) is 4.79 Å². The normalized spacial score (nSPS) is 15.1. The lowest BCUT2D eigenvalue weighted by Gasteiger charge is -2.33. The lowest BCUT2D eigenvalue weighted by atomic mass is 9.86. The van der Waals surface area contributed by atoms with Crippen LogP contribution in [0, 0.1) is 0 Å². The van der Waals surface area contributed by atoms with Gasteiger partial charge in [0.15, 0.2) is 0 Å². The summed E-state index contributed by atoms with van der Waals surface area (Å²) in [7, 11) is 0. The van der Waals surface area contributed by atoms with Crippen molar-refractivity contribution in [2.24, 2.45) is 0 Å². The second-order valence-corrected chi connectivity index (χ2v) is 7.00. The molecule has 1 fully saturated rings. The lowest BCUT2D eigenvalue weighted by Crippen LogP contribution is -2.35. The van der Waals surface area contributed by atoms with Crippen LogP contribution in [0.3, 0.4) is 0 Å². The molecule has 3 heterocycles. The molecule has 0 aliphatic carbocycles. The van der Waals surface area contributed by atoms with E-state index in [2.05, 4.69) is 46.1 Å². The van der Waals surface area contributed by atoms with E-state index >= 15 is 0 Å². The van der Waals surface area contributed by atoms with Crippen molar-refractivity contribution in [3.8, 4) is 11.3 Å². The van der Waals surface area contributed by atoms with Gasteiger partial charge < -0.3 is 4.90 Å². The summed E-state index contributed by atoms with van der Waals surface area (Å²) in [6.45, 7) is 4.00. The maximum atomic E-state index is 12.2. The SMILES string of the molecule is CCc1ccccc1C1CCN(c2nc(-c3ccncc3)cc(=O)[nH]2)CC1. The van der Waals surface area contributed by atoms with Gasteiger partial charge in [0.1, 0.15) is 0 Å². The van der Waals surface area contributed by atoms with E-state index in [4.69, 9.17) is 4.98 Å². The lowest BCUT2D eigenvalue weighted by molar-refractivity contribution is 0.497. The molecule has 0 amide bonds. The van der Waals surface area contributed by atoms with Crippen LogP contribution in [0.1, 0.15) is 36.8 Å². The van der Waals surface area contributed by atoms with Crippen molar-refractivity contribution < 1.29 is 0 Å². The Morgan fingerprint density at radius 3 is 2.59 bits per heavy atom. The molecular weight excluding hydrogens is 336 g/mol. The monoisotopic (exact) mass is 360 g/mol. The van der Waals surface area contributed by atoms with Gasteiger partial charge >= 0.3 is 0 Å². The van der Waals surface area contributed by atoms with Crippen molar-refractivity contribution in [3.63, 3.8) is 0 Å². The average Bonchev–Trinajstić information content (AvgIpc) is 2.74. The first-order valence-electron chi connectivity index (χ1n) is 9.59. The van der Waals surface area contributed by atoms with Gasteiger partial charge in [-0.25, -0.2) is 4.98 Å². The Morgan fingerprint density at radius 2 is 1.85 bits per heavy atom. The van der Waals surface area contributed by atoms with Gasteiger partial charge in [-0.15, -0.1) is 0 Å². The second kappa shape index (κ2) is 7.74. The molecule has 5 nitrogen and oxygen atoms in total. The minimum Gasteiger partial charge on any atom is -0.342 e. The number of hydrogen-bond acceptors (Lipinski definition) is 4. The molecule has 1 aliphatic heterocycles. The van der Waals surface area contributed by atoms with Gasteiger partial charge in [0.2, 0.25) is 5.95 Å². The van der Waals surface area contributed by atoms with Crippen LogP contribution < -0.4 is 10.5 Å². The summed E-state index contributed by atoms with van der Waals surface area (Å²) in [6, 6.07) is 14.1. The molecule has 0 unspecified atom stereocenters. The van der Waals surface area contributed by atoms with E-state index in [-0.39, 0.29) is 5.56 Å². The number of aromatic amines is 1. The molecule has 1 aromatic carbocycles. The van der Waals surface area contributed by atoms with Crippen LogP contribution in [0.4, 0.5) is 5.95 Å². The van der Waals surface area contributed by atoms with Crippen molar-refractivity contribution in [1.82, 2.24) is 15.0 Å². The number of piperidine rings is 1. The van der Waals surface area contributed by atoms with Crippen LogP contribution in [0.15, 0.2) is 59.7 Å². The van der Waals surface area contributed by atoms with Crippen molar-refractivity contribution >= 4 is 5.95 Å². The van der Waals surface area contributed by atoms with Crippen LogP contribution >= 0.6 is 0 Å². The topological polar surface area (TPSA) is 61.9 Å². The first-order chi connectivity index (χ1) is 13.2. The van der Waals surface area contributed by atoms with Gasteiger partial charge in [0, 0.05) is 37.1 Å². The zero-order valence-corrected chi connectivity index (χ0v) is 15.6. The quantitative estimate of drug-likeness (QED) is 0.769. The van der Waals surface area contributed by atoms with Crippen LogP contribution in [0.25, 0.3) is 11.3 Å². The molecule has 0 radical (unpaired) electrons. The highest BCUT2D eigenvalue weighted by Gasteiger charge is 2.23. The smallest absolute Gasteiger partial charge is 0.252 e. The third-order valence-corrected chi connectivity index (χ3v) is 5.38. The number of aryl methyl sites for hydroxylation is 1. The summed E-state index contributed by atoms with van der Waals surface area (Å²) in [5, 5.41) is 0. The van der Waals surface area contributed by atoms with Crippen molar-refractivity contribution in [3.05, 3.63) is 76.3 Å². The number of rotatable bonds is 4. The molecule has 0 saturated carbocycles. The average molecular weight is 360 g/mol. The van der Waals surface area contributed by atoms with Crippen LogP contribution in [0.2, 0.25) is 0 Å². The predicted molar refractivity (Wildman–Crippen MR) is 108 cm³/mol. The van der Waals surface area contributed by atoms with E-state index in [0.717, 1.165) is 37.9 Å². The first-order valence-corrected chi connectivity index (χ1v) is 9.59. The number of nitrogens with zero attached hydrogens (tertiary/aromatic N) is 3. The van der Waals surface area contributed by atoms with Gasteiger partial charge in [-0.1, -0.05) is 31.2 Å². The summed E-state index contributed by atoms with van der Waals surface area (Å²) in [5.74, 6) is 1.24. The second-order valence-electron chi connectivity index (χ2n) is 7.00. The van der Waals surface area contributed by atoms with E-state index in [1.165, 1.54) is 11.1 Å². The van der Waals surface area contributed by atoms with Crippen molar-refractivity contribution in [2.45, 2.75) is 32.1 Å². The van der Waals surface area contributed by atoms with Gasteiger partial charge in [-0.3, -0.25) is 14.8 Å². The molecule has 138 valence electrons. The molecule has 27 heavy (non-hydrogen) atoms. The van der Waals surface area contributed by atoms with E-state index in [1.54, 1.807) is 18.5 Å². The number of benzene rings is 1. The molecule has 1 saturated heterocycles. The third-order valence-electron chi connectivity index (χ3n) is 5.38. The fourth-order valence-corrected chi connectivity index (χ4v) is 3.92.